The molecule has 2 aromatic heterocycles. The molecule has 0 fully saturated rings. The monoisotopic (exact) mass is 349 g/mol. The van der Waals surface area contributed by atoms with Crippen molar-refractivity contribution >= 4 is 18.1 Å². The zero-order valence-electron chi connectivity index (χ0n) is 15.3. The first-order valence-corrected chi connectivity index (χ1v) is 8.76. The van der Waals surface area contributed by atoms with E-state index in [1.54, 1.807) is 0 Å². The average Bonchev–Trinajstić information content (AvgIpc) is 2.99. The van der Waals surface area contributed by atoms with E-state index in [-0.39, 0.29) is 11.8 Å². The molecule has 2 aromatic rings. The van der Waals surface area contributed by atoms with Crippen molar-refractivity contribution in [3.05, 3.63) is 33.6 Å². The molecule has 0 atom stereocenters. The molecule has 0 aromatic carbocycles. The highest BCUT2D eigenvalue weighted by Gasteiger charge is 2.17. The van der Waals surface area contributed by atoms with E-state index in [1.807, 2.05) is 24.5 Å². The van der Waals surface area contributed by atoms with Gasteiger partial charge >= 0.3 is 0 Å². The van der Waals surface area contributed by atoms with Crippen molar-refractivity contribution in [2.45, 2.75) is 60.0 Å². The van der Waals surface area contributed by atoms with Crippen LogP contribution in [-0.4, -0.2) is 31.8 Å². The van der Waals surface area contributed by atoms with Gasteiger partial charge in [-0.05, 0) is 46.0 Å². The summed E-state index contributed by atoms with van der Waals surface area (Å²) >= 11 is 5.26. The molecule has 0 aliphatic carbocycles. The van der Waals surface area contributed by atoms with Gasteiger partial charge in [-0.25, -0.2) is 0 Å². The third-order valence-electron chi connectivity index (χ3n) is 4.17. The number of aromatic amines is 1. The molecule has 24 heavy (non-hydrogen) atoms. The van der Waals surface area contributed by atoms with Crippen LogP contribution in [0.3, 0.4) is 0 Å². The zero-order valence-corrected chi connectivity index (χ0v) is 16.1. The van der Waals surface area contributed by atoms with E-state index in [0.29, 0.717) is 23.9 Å². The number of nitrogens with zero attached hydrogens (tertiary/aromatic N) is 3. The normalized spacial score (nSPS) is 11.5. The fourth-order valence-corrected chi connectivity index (χ4v) is 3.40. The second-order valence-electron chi connectivity index (χ2n) is 6.70. The Labute approximate surface area is 148 Å². The molecule has 132 valence electrons. The van der Waals surface area contributed by atoms with Gasteiger partial charge < -0.3 is 14.5 Å². The highest BCUT2D eigenvalue weighted by molar-refractivity contribution is 7.71. The first-order valence-electron chi connectivity index (χ1n) is 8.35. The number of rotatable bonds is 6. The van der Waals surface area contributed by atoms with Gasteiger partial charge in [0.25, 0.3) is 5.91 Å². The highest BCUT2D eigenvalue weighted by atomic mass is 32.1. The van der Waals surface area contributed by atoms with Gasteiger partial charge in [0.1, 0.15) is 5.82 Å². The van der Waals surface area contributed by atoms with E-state index in [1.165, 1.54) is 0 Å². The van der Waals surface area contributed by atoms with Crippen LogP contribution in [0.4, 0.5) is 0 Å². The number of amides is 1. The molecule has 0 spiro atoms. The molecule has 0 saturated heterocycles. The second kappa shape index (κ2) is 7.34. The largest absolute Gasteiger partial charge is 0.350 e. The van der Waals surface area contributed by atoms with Crippen LogP contribution in [-0.2, 0) is 6.54 Å². The average molecular weight is 350 g/mol. The molecule has 2 N–H and O–H groups in total. The van der Waals surface area contributed by atoms with Crippen LogP contribution in [0.15, 0.2) is 6.07 Å². The second-order valence-corrected chi connectivity index (χ2v) is 7.08. The van der Waals surface area contributed by atoms with Crippen LogP contribution < -0.4 is 5.32 Å². The van der Waals surface area contributed by atoms with E-state index in [2.05, 4.69) is 47.8 Å². The van der Waals surface area contributed by atoms with Crippen molar-refractivity contribution in [3.8, 4) is 0 Å². The number of aryl methyl sites for hydroxylation is 1. The molecule has 0 radical (unpaired) electrons. The first kappa shape index (κ1) is 18.4. The van der Waals surface area contributed by atoms with Gasteiger partial charge in [0.15, 0.2) is 4.77 Å². The van der Waals surface area contributed by atoms with Gasteiger partial charge in [-0.3, -0.25) is 9.89 Å². The van der Waals surface area contributed by atoms with E-state index in [0.717, 1.165) is 22.8 Å². The number of H-pyrrole nitrogens is 1. The van der Waals surface area contributed by atoms with Gasteiger partial charge in [-0.15, -0.1) is 0 Å². The number of hydrogen-bond donors (Lipinski definition) is 2. The van der Waals surface area contributed by atoms with Crippen LogP contribution in [0, 0.1) is 18.6 Å². The Kier molecular flexibility index (Phi) is 5.64. The van der Waals surface area contributed by atoms with E-state index < -0.39 is 0 Å². The third-order valence-corrected chi connectivity index (χ3v) is 4.48. The predicted molar refractivity (Wildman–Crippen MR) is 98.1 cm³/mol. The fraction of sp³-hybridized carbons (Fsp3) is 0.588. The summed E-state index contributed by atoms with van der Waals surface area (Å²) < 4.78 is 4.71. The lowest BCUT2D eigenvalue weighted by atomic mass is 10.2. The lowest BCUT2D eigenvalue weighted by molar-refractivity contribution is 0.0951. The number of nitrogens with one attached hydrogen (secondary N) is 2. The van der Waals surface area contributed by atoms with Crippen molar-refractivity contribution in [1.82, 2.24) is 24.6 Å². The Morgan fingerprint density at radius 1 is 1.33 bits per heavy atom. The maximum atomic E-state index is 12.5. The number of aromatic nitrogens is 4. The Balaban J connectivity index is 2.06. The quantitative estimate of drug-likeness (QED) is 0.785. The van der Waals surface area contributed by atoms with Crippen molar-refractivity contribution in [2.24, 2.45) is 0 Å². The molecule has 0 unspecified atom stereocenters. The summed E-state index contributed by atoms with van der Waals surface area (Å²) in [5, 5.41) is 10.1. The van der Waals surface area contributed by atoms with E-state index >= 15 is 0 Å². The topological polar surface area (TPSA) is 67.6 Å². The molecule has 0 aliphatic heterocycles. The summed E-state index contributed by atoms with van der Waals surface area (Å²) in [4.78, 5) is 12.5. The van der Waals surface area contributed by atoms with Crippen LogP contribution in [0.1, 0.15) is 67.2 Å². The molecule has 0 bridgehead atoms. The summed E-state index contributed by atoms with van der Waals surface area (Å²) in [6.45, 7) is 13.5. The predicted octanol–water partition coefficient (Wildman–Crippen LogP) is 3.49. The Hall–Kier alpha value is -1.89. The van der Waals surface area contributed by atoms with Gasteiger partial charge in [-0.2, -0.15) is 5.10 Å². The Morgan fingerprint density at radius 2 is 2.00 bits per heavy atom. The highest BCUT2D eigenvalue weighted by Crippen LogP contribution is 2.20. The maximum Gasteiger partial charge on any atom is 0.253 e. The Morgan fingerprint density at radius 3 is 2.54 bits per heavy atom. The lowest BCUT2D eigenvalue weighted by Gasteiger charge is -2.14. The van der Waals surface area contributed by atoms with Gasteiger partial charge in [0, 0.05) is 36.4 Å². The molecule has 7 heteroatoms. The summed E-state index contributed by atoms with van der Waals surface area (Å²) in [5.74, 6) is 1.14. The number of carbonyl (C=O) groups excluding carboxylic acids is 1. The molecule has 1 amide bonds. The number of hydrogen-bond acceptors (Lipinski definition) is 3. The summed E-state index contributed by atoms with van der Waals surface area (Å²) in [7, 11) is 0. The summed E-state index contributed by atoms with van der Waals surface area (Å²) in [6, 6.07) is 2.29. The first-order chi connectivity index (χ1) is 11.2. The molecule has 0 saturated carbocycles. The standard InChI is InChI=1S/C17H27N5OS/c1-10(2)15-19-20-17(24)21(15)8-7-18-16(23)14-9-12(5)22(11(3)4)13(14)6/h9-11H,7-8H2,1-6H3,(H,18,23)(H,20,24). The lowest BCUT2D eigenvalue weighted by Crippen LogP contribution is -2.28. The number of carbonyl (C=O) groups is 1. The van der Waals surface area contributed by atoms with E-state index in [9.17, 15) is 4.79 Å². The van der Waals surface area contributed by atoms with Crippen molar-refractivity contribution < 1.29 is 4.79 Å². The minimum absolute atomic E-state index is 0.0453. The van der Waals surface area contributed by atoms with Gasteiger partial charge in [-0.1, -0.05) is 13.8 Å². The van der Waals surface area contributed by atoms with Crippen molar-refractivity contribution in [3.63, 3.8) is 0 Å². The van der Waals surface area contributed by atoms with Crippen LogP contribution in [0.25, 0.3) is 0 Å². The maximum absolute atomic E-state index is 12.5. The molecular weight excluding hydrogens is 322 g/mol. The van der Waals surface area contributed by atoms with Crippen LogP contribution in [0.2, 0.25) is 0 Å². The van der Waals surface area contributed by atoms with Crippen LogP contribution >= 0.6 is 12.2 Å². The van der Waals surface area contributed by atoms with Gasteiger partial charge in [0.05, 0.1) is 5.56 Å². The van der Waals surface area contributed by atoms with Gasteiger partial charge in [0.2, 0.25) is 0 Å². The van der Waals surface area contributed by atoms with Crippen molar-refractivity contribution in [2.75, 3.05) is 6.54 Å². The van der Waals surface area contributed by atoms with Crippen LogP contribution in [0.5, 0.6) is 0 Å². The Bertz CT molecular complexity index is 781. The minimum Gasteiger partial charge on any atom is -0.350 e. The minimum atomic E-state index is -0.0453. The molecular formula is C17H27N5OS. The molecule has 2 heterocycles. The zero-order chi connectivity index (χ0) is 18.0. The molecule has 0 aliphatic rings. The fourth-order valence-electron chi connectivity index (χ4n) is 3.16. The van der Waals surface area contributed by atoms with Crippen molar-refractivity contribution in [1.29, 1.82) is 0 Å². The smallest absolute Gasteiger partial charge is 0.253 e. The summed E-state index contributed by atoms with van der Waals surface area (Å²) in [5.41, 5.74) is 2.84. The molecule has 2 rings (SSSR count). The summed E-state index contributed by atoms with van der Waals surface area (Å²) in [6.07, 6.45) is 0. The van der Waals surface area contributed by atoms with E-state index in [4.69, 9.17) is 12.2 Å². The molecule has 6 nitrogen and oxygen atoms in total. The SMILES string of the molecule is Cc1cc(C(=O)NCCn2c(C(C)C)n[nH]c2=S)c(C)n1C(C)C. The third kappa shape index (κ3) is 3.61.